The summed E-state index contributed by atoms with van der Waals surface area (Å²) in [6, 6.07) is 4.16. The van der Waals surface area contributed by atoms with Crippen molar-refractivity contribution in [3.05, 3.63) is 35.4 Å². The summed E-state index contributed by atoms with van der Waals surface area (Å²) < 4.78 is 27.5. The zero-order valence-electron chi connectivity index (χ0n) is 14.5. The van der Waals surface area contributed by atoms with Gasteiger partial charge < -0.3 is 10.4 Å². The third-order valence-electron chi connectivity index (χ3n) is 4.21. The van der Waals surface area contributed by atoms with E-state index < -0.39 is 16.0 Å². The number of hydrogen-bond donors (Lipinski definition) is 3. The number of hydrogen-bond acceptors (Lipinski definition) is 4. The van der Waals surface area contributed by atoms with Gasteiger partial charge in [0.25, 0.3) is 0 Å². The van der Waals surface area contributed by atoms with Gasteiger partial charge in [-0.2, -0.15) is 0 Å². The molecular weight excluding hydrogens is 340 g/mol. The van der Waals surface area contributed by atoms with Crippen LogP contribution in [-0.4, -0.2) is 32.6 Å². The normalized spacial score (nSPS) is 14.8. The summed E-state index contributed by atoms with van der Waals surface area (Å²) in [4.78, 5) is 11.2. The van der Waals surface area contributed by atoms with Crippen molar-refractivity contribution in [2.45, 2.75) is 50.3 Å². The number of allylic oxidation sites excluding steroid dienone is 1. The van der Waals surface area contributed by atoms with Crippen molar-refractivity contribution in [3.8, 4) is 0 Å². The summed E-state index contributed by atoms with van der Waals surface area (Å²) in [5, 5.41) is 12.3. The third kappa shape index (κ3) is 5.57. The molecule has 0 heterocycles. The fourth-order valence-corrected chi connectivity index (χ4v) is 4.17. The molecule has 0 unspecified atom stereocenters. The summed E-state index contributed by atoms with van der Waals surface area (Å²) in [5.41, 5.74) is 1.79. The summed E-state index contributed by atoms with van der Waals surface area (Å²) in [5.74, 6) is -1.15. The number of benzene rings is 1. The van der Waals surface area contributed by atoms with Gasteiger partial charge in [0.1, 0.15) is 4.90 Å². The topological polar surface area (TPSA) is 95.5 Å². The number of carboxylic acids is 1. The number of carboxylic acid groups (broad SMARTS) is 1. The molecule has 1 aromatic carbocycles. The molecule has 0 radical (unpaired) electrons. The molecule has 0 saturated heterocycles. The molecule has 0 fully saturated rings. The molecule has 0 saturated carbocycles. The maximum Gasteiger partial charge on any atom is 0.335 e. The van der Waals surface area contributed by atoms with E-state index in [1.807, 2.05) is 6.92 Å². The second-order valence-corrected chi connectivity index (χ2v) is 7.93. The lowest BCUT2D eigenvalue weighted by molar-refractivity contribution is 0.0696. The lowest BCUT2D eigenvalue weighted by atomic mass is 9.97. The minimum Gasteiger partial charge on any atom is -0.478 e. The molecule has 0 aliphatic heterocycles. The van der Waals surface area contributed by atoms with Crippen LogP contribution < -0.4 is 10.0 Å². The molecule has 0 amide bonds. The maximum atomic E-state index is 12.5. The molecule has 0 atom stereocenters. The lowest BCUT2D eigenvalue weighted by Gasteiger charge is -2.16. The Morgan fingerprint density at radius 3 is 2.68 bits per heavy atom. The van der Waals surface area contributed by atoms with E-state index in [9.17, 15) is 13.2 Å². The molecule has 0 spiro atoms. The van der Waals surface area contributed by atoms with Gasteiger partial charge >= 0.3 is 5.97 Å². The van der Waals surface area contributed by atoms with Gasteiger partial charge in [-0.3, -0.25) is 0 Å². The first-order valence-electron chi connectivity index (χ1n) is 8.73. The van der Waals surface area contributed by atoms with E-state index in [0.717, 1.165) is 19.3 Å². The zero-order valence-corrected chi connectivity index (χ0v) is 15.4. The van der Waals surface area contributed by atoms with E-state index in [2.05, 4.69) is 16.1 Å². The molecule has 3 N–H and O–H groups in total. The number of carbonyl (C=O) groups is 1. The number of rotatable bonds is 9. The fraction of sp³-hybridized carbons (Fsp3) is 0.500. The predicted octanol–water partition coefficient (Wildman–Crippen LogP) is 3.38. The Balaban J connectivity index is 2.17. The lowest BCUT2D eigenvalue weighted by Crippen LogP contribution is -2.25. The Bertz CT molecular complexity index is 741. The first kappa shape index (κ1) is 19.5. The van der Waals surface area contributed by atoms with E-state index in [4.69, 9.17) is 5.11 Å². The van der Waals surface area contributed by atoms with E-state index in [-0.39, 0.29) is 10.5 Å². The first-order chi connectivity index (χ1) is 11.9. The van der Waals surface area contributed by atoms with Gasteiger partial charge in [-0.25, -0.2) is 17.9 Å². The highest BCUT2D eigenvalue weighted by Crippen LogP contribution is 2.24. The highest BCUT2D eigenvalue weighted by Gasteiger charge is 2.20. The second kappa shape index (κ2) is 9.01. The molecule has 0 aromatic heterocycles. The van der Waals surface area contributed by atoms with Crippen LogP contribution in [0.4, 0.5) is 5.69 Å². The summed E-state index contributed by atoms with van der Waals surface area (Å²) >= 11 is 0. The van der Waals surface area contributed by atoms with Gasteiger partial charge in [0.05, 0.1) is 11.3 Å². The van der Waals surface area contributed by atoms with Crippen LogP contribution in [0.15, 0.2) is 34.7 Å². The number of nitrogens with one attached hydrogen (secondary N) is 2. The molecular formula is C18H26N2O4S. The van der Waals surface area contributed by atoms with Crippen LogP contribution in [0, 0.1) is 0 Å². The van der Waals surface area contributed by atoms with Gasteiger partial charge in [-0.1, -0.05) is 18.6 Å². The second-order valence-electron chi connectivity index (χ2n) is 6.20. The quantitative estimate of drug-likeness (QED) is 0.582. The molecule has 138 valence electrons. The summed E-state index contributed by atoms with van der Waals surface area (Å²) in [7, 11) is -3.75. The van der Waals surface area contributed by atoms with Gasteiger partial charge in [0, 0.05) is 13.1 Å². The Morgan fingerprint density at radius 1 is 1.24 bits per heavy atom. The first-order valence-corrected chi connectivity index (χ1v) is 10.2. The molecule has 2 rings (SSSR count). The van der Waals surface area contributed by atoms with Crippen LogP contribution >= 0.6 is 0 Å². The van der Waals surface area contributed by atoms with Gasteiger partial charge in [0.2, 0.25) is 10.0 Å². The minimum atomic E-state index is -3.75. The summed E-state index contributed by atoms with van der Waals surface area (Å²) in [6.45, 7) is 2.80. The number of aromatic carboxylic acids is 1. The molecule has 6 nitrogen and oxygen atoms in total. The van der Waals surface area contributed by atoms with Crippen molar-refractivity contribution in [3.63, 3.8) is 0 Å². The van der Waals surface area contributed by atoms with E-state index in [1.165, 1.54) is 36.6 Å². The van der Waals surface area contributed by atoms with E-state index in [0.29, 0.717) is 25.2 Å². The van der Waals surface area contributed by atoms with Crippen molar-refractivity contribution < 1.29 is 18.3 Å². The van der Waals surface area contributed by atoms with Crippen LogP contribution in [0.25, 0.3) is 0 Å². The highest BCUT2D eigenvalue weighted by molar-refractivity contribution is 7.89. The standard InChI is InChI=1S/C18H26N2O4S/c1-2-11-20-25(23,24)17-13-15(18(21)22)8-9-16(17)19-12-10-14-6-4-3-5-7-14/h6,8-9,13,19-20H,2-5,7,10-12H2,1H3,(H,21,22). The highest BCUT2D eigenvalue weighted by atomic mass is 32.2. The van der Waals surface area contributed by atoms with E-state index >= 15 is 0 Å². The molecule has 7 heteroatoms. The molecule has 1 aromatic rings. The van der Waals surface area contributed by atoms with Crippen molar-refractivity contribution in [1.29, 1.82) is 0 Å². The SMILES string of the molecule is CCCNS(=O)(=O)c1cc(C(=O)O)ccc1NCCC1=CCCCC1. The van der Waals surface area contributed by atoms with E-state index in [1.54, 1.807) is 0 Å². The van der Waals surface area contributed by atoms with Crippen molar-refractivity contribution in [2.24, 2.45) is 0 Å². The average Bonchev–Trinajstić information content (AvgIpc) is 2.61. The average molecular weight is 366 g/mol. The number of anilines is 1. The zero-order chi connectivity index (χ0) is 18.3. The van der Waals surface area contributed by atoms with Crippen LogP contribution in [0.1, 0.15) is 55.8 Å². The Labute approximate surface area is 149 Å². The van der Waals surface area contributed by atoms with Gasteiger partial charge in [0.15, 0.2) is 0 Å². The molecule has 0 bridgehead atoms. The Morgan fingerprint density at radius 2 is 2.04 bits per heavy atom. The van der Waals surface area contributed by atoms with Crippen LogP contribution in [0.2, 0.25) is 0 Å². The Hall–Kier alpha value is -1.86. The van der Waals surface area contributed by atoms with Crippen molar-refractivity contribution in [2.75, 3.05) is 18.4 Å². The smallest absolute Gasteiger partial charge is 0.335 e. The molecule has 1 aliphatic carbocycles. The van der Waals surface area contributed by atoms with Crippen molar-refractivity contribution >= 4 is 21.7 Å². The molecule has 1 aliphatic rings. The number of sulfonamides is 1. The van der Waals surface area contributed by atoms with Crippen molar-refractivity contribution in [1.82, 2.24) is 4.72 Å². The summed E-state index contributed by atoms with van der Waals surface area (Å²) in [6.07, 6.45) is 8.45. The third-order valence-corrected chi connectivity index (χ3v) is 5.71. The van der Waals surface area contributed by atoms with Crippen LogP contribution in [-0.2, 0) is 10.0 Å². The van der Waals surface area contributed by atoms with Gasteiger partial charge in [-0.05, 0) is 56.7 Å². The monoisotopic (exact) mass is 366 g/mol. The minimum absolute atomic E-state index is 0.0153. The van der Waals surface area contributed by atoms with Crippen LogP contribution in [0.3, 0.4) is 0 Å². The fourth-order valence-electron chi connectivity index (χ4n) is 2.83. The maximum absolute atomic E-state index is 12.5. The van der Waals surface area contributed by atoms with Gasteiger partial charge in [-0.15, -0.1) is 0 Å². The van der Waals surface area contributed by atoms with Crippen LogP contribution in [0.5, 0.6) is 0 Å². The Kier molecular flexibility index (Phi) is 7.01. The molecule has 25 heavy (non-hydrogen) atoms. The predicted molar refractivity (Wildman–Crippen MR) is 98.5 cm³/mol. The largest absolute Gasteiger partial charge is 0.478 e.